The van der Waals surface area contributed by atoms with Crippen LogP contribution in [0.1, 0.15) is 16.8 Å². The lowest BCUT2D eigenvalue weighted by atomic mass is 9.91. The number of hydrogen-bond acceptors (Lipinski definition) is 6. The average Bonchev–Trinajstić information content (AvgIpc) is 3.31. The fourth-order valence-electron chi connectivity index (χ4n) is 4.60. The molecular formula is C30H28N6O2. The van der Waals surface area contributed by atoms with Gasteiger partial charge in [-0.15, -0.1) is 0 Å². The number of aromatic nitrogens is 3. The summed E-state index contributed by atoms with van der Waals surface area (Å²) >= 11 is 0. The molecule has 38 heavy (non-hydrogen) atoms. The zero-order valence-electron chi connectivity index (χ0n) is 21.3. The smallest absolute Gasteiger partial charge is 0.251 e. The first-order chi connectivity index (χ1) is 18.2. The number of allylic oxidation sites excluding steroid dienone is 5. The lowest BCUT2D eigenvalue weighted by molar-refractivity contribution is -0.114. The van der Waals surface area contributed by atoms with Crippen molar-refractivity contribution in [2.24, 2.45) is 11.5 Å². The molecule has 1 aliphatic carbocycles. The zero-order valence-corrected chi connectivity index (χ0v) is 21.3. The number of ether oxygens (including phenoxy) is 1. The van der Waals surface area contributed by atoms with Crippen molar-refractivity contribution in [2.75, 3.05) is 13.7 Å². The summed E-state index contributed by atoms with van der Waals surface area (Å²) in [6, 6.07) is 9.46. The number of amides is 1. The topological polar surface area (TPSA) is 123 Å². The first-order valence-corrected chi connectivity index (χ1v) is 12.0. The first kappa shape index (κ1) is 24.6. The number of pyridine rings is 1. The van der Waals surface area contributed by atoms with E-state index in [-0.39, 0.29) is 11.3 Å². The van der Waals surface area contributed by atoms with Gasteiger partial charge in [-0.25, -0.2) is 4.98 Å². The van der Waals surface area contributed by atoms with Gasteiger partial charge in [0.2, 0.25) is 5.88 Å². The minimum absolute atomic E-state index is 0.165. The highest BCUT2D eigenvalue weighted by Gasteiger charge is 2.24. The van der Waals surface area contributed by atoms with E-state index in [1.165, 1.54) is 0 Å². The van der Waals surface area contributed by atoms with Crippen molar-refractivity contribution in [3.8, 4) is 5.88 Å². The summed E-state index contributed by atoms with van der Waals surface area (Å²) in [5.74, 6) is -0.207. The van der Waals surface area contributed by atoms with Gasteiger partial charge >= 0.3 is 0 Å². The molecular weight excluding hydrogens is 476 g/mol. The third-order valence-corrected chi connectivity index (χ3v) is 6.54. The van der Waals surface area contributed by atoms with Crippen LogP contribution in [-0.2, 0) is 4.79 Å². The molecule has 0 unspecified atom stereocenters. The zero-order chi connectivity index (χ0) is 27.0. The predicted molar refractivity (Wildman–Crippen MR) is 150 cm³/mol. The van der Waals surface area contributed by atoms with E-state index in [0.29, 0.717) is 34.9 Å². The van der Waals surface area contributed by atoms with Crippen LogP contribution in [0.2, 0.25) is 0 Å². The number of primary amides is 1. The molecule has 2 aliphatic rings. The summed E-state index contributed by atoms with van der Waals surface area (Å²) in [6.07, 6.45) is 11.3. The van der Waals surface area contributed by atoms with Gasteiger partial charge in [-0.1, -0.05) is 25.3 Å². The number of nitrogens with two attached hydrogens (primary N) is 2. The van der Waals surface area contributed by atoms with Crippen LogP contribution < -0.4 is 16.2 Å². The van der Waals surface area contributed by atoms with Gasteiger partial charge in [0.05, 0.1) is 28.7 Å². The Morgan fingerprint density at radius 1 is 1.16 bits per heavy atom. The number of carbonyl (C=O) groups is 1. The van der Waals surface area contributed by atoms with Crippen molar-refractivity contribution < 1.29 is 9.53 Å². The van der Waals surface area contributed by atoms with Crippen LogP contribution in [0.25, 0.3) is 22.0 Å². The van der Waals surface area contributed by atoms with E-state index in [2.05, 4.69) is 23.4 Å². The molecule has 0 fully saturated rings. The Morgan fingerprint density at radius 2 is 1.97 bits per heavy atom. The molecule has 190 valence electrons. The maximum absolute atomic E-state index is 12.5. The fourth-order valence-corrected chi connectivity index (χ4v) is 4.60. The highest BCUT2D eigenvalue weighted by atomic mass is 16.5. The highest BCUT2D eigenvalue weighted by molar-refractivity contribution is 6.08. The summed E-state index contributed by atoms with van der Waals surface area (Å²) < 4.78 is 6.02. The van der Waals surface area contributed by atoms with Gasteiger partial charge in [0, 0.05) is 47.6 Å². The minimum atomic E-state index is -0.655. The van der Waals surface area contributed by atoms with E-state index >= 15 is 0 Å². The first-order valence-electron chi connectivity index (χ1n) is 12.0. The molecule has 3 aromatic rings. The van der Waals surface area contributed by atoms with E-state index in [4.69, 9.17) is 21.2 Å². The number of benzene rings is 1. The van der Waals surface area contributed by atoms with E-state index in [9.17, 15) is 4.79 Å². The normalized spacial score (nSPS) is 15.8. The minimum Gasteiger partial charge on any atom is -0.473 e. The number of rotatable bonds is 6. The Balaban J connectivity index is 1.58. The molecule has 1 amide bonds. The van der Waals surface area contributed by atoms with Crippen LogP contribution in [0, 0.1) is 6.92 Å². The molecule has 0 bridgehead atoms. The Kier molecular flexibility index (Phi) is 6.30. The van der Waals surface area contributed by atoms with Crippen LogP contribution in [0.4, 0.5) is 0 Å². The standard InChI is InChI=1S/C30H28N6O2/c1-17-10-11-36(4)15-21(17)16-38-26-7-5-6-24(34-26)20-12-19(3)28(30(32)37)29(31)22(13-20)27-18(2)8-9-25-23(27)14-33-35-25/h5-15H,1,3,16,31H2,2,4H3,(H2,32,37)(H,33,35). The summed E-state index contributed by atoms with van der Waals surface area (Å²) in [4.78, 5) is 19.2. The summed E-state index contributed by atoms with van der Waals surface area (Å²) in [5, 5.41) is 8.06. The van der Waals surface area contributed by atoms with Crippen LogP contribution in [0.15, 0.2) is 108 Å². The van der Waals surface area contributed by atoms with Crippen molar-refractivity contribution in [3.63, 3.8) is 0 Å². The van der Waals surface area contributed by atoms with Gasteiger partial charge in [-0.2, -0.15) is 5.10 Å². The largest absolute Gasteiger partial charge is 0.473 e. The number of hydrogen-bond donors (Lipinski definition) is 3. The number of aromatic amines is 1. The van der Waals surface area contributed by atoms with Crippen LogP contribution in [0.3, 0.4) is 0 Å². The third-order valence-electron chi connectivity index (χ3n) is 6.54. The predicted octanol–water partition coefficient (Wildman–Crippen LogP) is 4.28. The second-order valence-corrected chi connectivity index (χ2v) is 9.24. The molecule has 0 saturated heterocycles. The Hall–Kier alpha value is -5.11. The van der Waals surface area contributed by atoms with Gasteiger partial charge < -0.3 is 21.1 Å². The van der Waals surface area contributed by atoms with E-state index in [1.807, 2.05) is 67.7 Å². The Labute approximate surface area is 220 Å². The molecule has 8 nitrogen and oxygen atoms in total. The number of aryl methyl sites for hydroxylation is 1. The quantitative estimate of drug-likeness (QED) is 0.460. The molecule has 1 aromatic carbocycles. The number of nitrogens with one attached hydrogen (secondary N) is 1. The van der Waals surface area contributed by atoms with Crippen LogP contribution in [-0.4, -0.2) is 39.6 Å². The monoisotopic (exact) mass is 504 g/mol. The molecule has 2 aromatic heterocycles. The second kappa shape index (κ2) is 9.74. The van der Waals surface area contributed by atoms with Gasteiger partial charge in [-0.05, 0) is 59.6 Å². The molecule has 0 atom stereocenters. The maximum Gasteiger partial charge on any atom is 0.251 e. The molecule has 5 rings (SSSR count). The number of nitrogens with zero attached hydrogens (tertiary/aromatic N) is 3. The number of fused-ring (bicyclic) bond motifs is 1. The van der Waals surface area contributed by atoms with Gasteiger partial charge in [0.25, 0.3) is 5.91 Å². The Morgan fingerprint density at radius 3 is 2.76 bits per heavy atom. The lowest BCUT2D eigenvalue weighted by Gasteiger charge is -2.18. The average molecular weight is 505 g/mol. The summed E-state index contributed by atoms with van der Waals surface area (Å²) in [7, 11) is 1.95. The number of carbonyl (C=O) groups excluding carboxylic acids is 1. The van der Waals surface area contributed by atoms with Crippen LogP contribution >= 0.6 is 0 Å². The Bertz CT molecular complexity index is 1660. The molecule has 0 saturated carbocycles. The van der Waals surface area contributed by atoms with E-state index in [1.54, 1.807) is 18.3 Å². The van der Waals surface area contributed by atoms with Crippen molar-refractivity contribution in [3.05, 3.63) is 125 Å². The molecule has 5 N–H and O–H groups in total. The van der Waals surface area contributed by atoms with E-state index in [0.717, 1.165) is 33.2 Å². The second-order valence-electron chi connectivity index (χ2n) is 9.24. The van der Waals surface area contributed by atoms with Crippen LogP contribution in [0.5, 0.6) is 5.88 Å². The highest BCUT2D eigenvalue weighted by Crippen LogP contribution is 2.37. The van der Waals surface area contributed by atoms with Gasteiger partial charge in [0.1, 0.15) is 6.61 Å². The van der Waals surface area contributed by atoms with Crippen molar-refractivity contribution in [1.82, 2.24) is 20.1 Å². The fraction of sp³-hybridized carbons (Fsp3) is 0.100. The molecule has 1 aliphatic heterocycles. The molecule has 8 heteroatoms. The van der Waals surface area contributed by atoms with Crippen molar-refractivity contribution in [1.29, 1.82) is 0 Å². The van der Waals surface area contributed by atoms with Gasteiger partial charge in [0.15, 0.2) is 0 Å². The lowest BCUT2D eigenvalue weighted by Crippen LogP contribution is -2.20. The van der Waals surface area contributed by atoms with Gasteiger partial charge in [-0.3, -0.25) is 9.89 Å². The van der Waals surface area contributed by atoms with Crippen molar-refractivity contribution >= 4 is 28.0 Å². The molecule has 3 heterocycles. The SMILES string of the molecule is C=C1C=CN(C)C=C1COc1cccc(C2=CC(=C)C(C(N)=O)=C(N)C(c3c(C)ccc4[nH]ncc34)=C2)n1. The summed E-state index contributed by atoms with van der Waals surface area (Å²) in [6.45, 7) is 10.5. The maximum atomic E-state index is 12.5. The molecule has 0 spiro atoms. The molecule has 0 radical (unpaired) electrons. The number of H-pyrrole nitrogens is 1. The summed E-state index contributed by atoms with van der Waals surface area (Å²) in [5.41, 5.74) is 19.7. The van der Waals surface area contributed by atoms with Crippen molar-refractivity contribution in [2.45, 2.75) is 6.92 Å². The van der Waals surface area contributed by atoms with E-state index < -0.39 is 5.91 Å². The third kappa shape index (κ3) is 4.55.